The Bertz CT molecular complexity index is 1380. The van der Waals surface area contributed by atoms with Crippen molar-refractivity contribution in [3.63, 3.8) is 0 Å². The summed E-state index contributed by atoms with van der Waals surface area (Å²) >= 11 is 0. The number of rotatable bonds is 4. The Balaban J connectivity index is 1.63. The van der Waals surface area contributed by atoms with Crippen molar-refractivity contribution in [3.05, 3.63) is 95.1 Å². The van der Waals surface area contributed by atoms with E-state index in [1.165, 1.54) is 0 Å². The Hall–Kier alpha value is -3.59. The zero-order valence-electron chi connectivity index (χ0n) is 19.6. The monoisotopic (exact) mass is 436 g/mol. The zero-order valence-corrected chi connectivity index (χ0v) is 19.6. The highest BCUT2D eigenvalue weighted by molar-refractivity contribution is 5.97. The van der Waals surface area contributed by atoms with Gasteiger partial charge in [-0.3, -0.25) is 0 Å². The van der Waals surface area contributed by atoms with E-state index in [4.69, 9.17) is 9.47 Å². The van der Waals surface area contributed by atoms with E-state index in [9.17, 15) is 4.79 Å². The van der Waals surface area contributed by atoms with Gasteiger partial charge >= 0.3 is 5.97 Å². The zero-order chi connectivity index (χ0) is 23.2. The first-order valence-electron chi connectivity index (χ1n) is 11.5. The molecule has 0 aliphatic carbocycles. The number of carbonyl (C=O) groups is 1. The lowest BCUT2D eigenvalue weighted by molar-refractivity contribution is 0.0732. The van der Waals surface area contributed by atoms with Crippen LogP contribution in [0.1, 0.15) is 54.2 Å². The molecule has 5 rings (SSSR count). The van der Waals surface area contributed by atoms with Gasteiger partial charge in [0.1, 0.15) is 17.1 Å². The minimum absolute atomic E-state index is 0.365. The number of hydrogen-bond donors (Lipinski definition) is 0. The largest absolute Gasteiger partial charge is 0.482 e. The molecule has 3 heteroatoms. The lowest BCUT2D eigenvalue weighted by Crippen LogP contribution is -2.29. The van der Waals surface area contributed by atoms with E-state index in [1.54, 1.807) is 0 Å². The molecule has 0 fully saturated rings. The van der Waals surface area contributed by atoms with Crippen molar-refractivity contribution in [2.45, 2.75) is 46.1 Å². The van der Waals surface area contributed by atoms with Crippen molar-refractivity contribution in [1.82, 2.24) is 0 Å². The van der Waals surface area contributed by atoms with E-state index < -0.39 is 5.60 Å². The molecule has 4 aromatic rings. The van der Waals surface area contributed by atoms with Crippen molar-refractivity contribution >= 4 is 16.7 Å². The van der Waals surface area contributed by atoms with Crippen LogP contribution in [-0.4, -0.2) is 5.97 Å². The first-order chi connectivity index (χ1) is 15.9. The maximum Gasteiger partial charge on any atom is 0.343 e. The molecule has 0 N–H and O–H groups in total. The summed E-state index contributed by atoms with van der Waals surface area (Å²) in [4.78, 5) is 13.3. The lowest BCUT2D eigenvalue weighted by atomic mass is 9.84. The Morgan fingerprint density at radius 3 is 2.52 bits per heavy atom. The third-order valence-electron chi connectivity index (χ3n) is 6.31. The molecular formula is C30H28O3. The maximum absolute atomic E-state index is 13.3. The van der Waals surface area contributed by atoms with E-state index in [0.29, 0.717) is 11.3 Å². The van der Waals surface area contributed by atoms with Gasteiger partial charge in [-0.05, 0) is 73.4 Å². The van der Waals surface area contributed by atoms with Crippen LogP contribution in [0, 0.1) is 6.92 Å². The molecule has 0 radical (unpaired) electrons. The highest BCUT2D eigenvalue weighted by atomic mass is 16.5. The van der Waals surface area contributed by atoms with Gasteiger partial charge in [-0.25, -0.2) is 4.79 Å². The van der Waals surface area contributed by atoms with E-state index in [-0.39, 0.29) is 5.97 Å². The molecule has 1 aliphatic rings. The molecule has 0 atom stereocenters. The van der Waals surface area contributed by atoms with Crippen LogP contribution in [0.3, 0.4) is 0 Å². The van der Waals surface area contributed by atoms with Gasteiger partial charge in [-0.15, -0.1) is 0 Å². The summed E-state index contributed by atoms with van der Waals surface area (Å²) in [7, 11) is 0. The van der Waals surface area contributed by atoms with Gasteiger partial charge in [0.15, 0.2) is 0 Å². The third kappa shape index (κ3) is 3.89. The Labute approximate surface area is 195 Å². The van der Waals surface area contributed by atoms with Crippen LogP contribution in [0.2, 0.25) is 0 Å². The Morgan fingerprint density at radius 1 is 0.939 bits per heavy atom. The van der Waals surface area contributed by atoms with Gasteiger partial charge in [-0.1, -0.05) is 67.4 Å². The summed E-state index contributed by atoms with van der Waals surface area (Å²) in [5, 5.41) is 2.11. The predicted octanol–water partition coefficient (Wildman–Crippen LogP) is 7.61. The summed E-state index contributed by atoms with van der Waals surface area (Å²) in [5.41, 5.74) is 5.32. The molecule has 0 unspecified atom stereocenters. The number of fused-ring (bicyclic) bond motifs is 4. The van der Waals surface area contributed by atoms with E-state index in [2.05, 4.69) is 52.0 Å². The predicted molar refractivity (Wildman–Crippen MR) is 133 cm³/mol. The van der Waals surface area contributed by atoms with Crippen LogP contribution in [0.5, 0.6) is 11.5 Å². The quantitative estimate of drug-likeness (QED) is 0.244. The molecule has 4 aromatic carbocycles. The fraction of sp³-hybridized carbons (Fsp3) is 0.233. The molecule has 1 heterocycles. The van der Waals surface area contributed by atoms with Crippen LogP contribution in [0.4, 0.5) is 0 Å². The molecule has 0 amide bonds. The van der Waals surface area contributed by atoms with E-state index >= 15 is 0 Å². The Morgan fingerprint density at radius 2 is 1.73 bits per heavy atom. The van der Waals surface area contributed by atoms with Gasteiger partial charge in [-0.2, -0.15) is 0 Å². The van der Waals surface area contributed by atoms with Crippen molar-refractivity contribution in [3.8, 4) is 22.6 Å². The molecule has 3 nitrogen and oxygen atoms in total. The number of ether oxygens (including phenoxy) is 2. The molecular weight excluding hydrogens is 408 g/mol. The summed E-state index contributed by atoms with van der Waals surface area (Å²) < 4.78 is 12.5. The first kappa shape index (κ1) is 21.3. The van der Waals surface area contributed by atoms with Crippen LogP contribution < -0.4 is 9.47 Å². The summed E-state index contributed by atoms with van der Waals surface area (Å²) in [5.74, 6) is 0.956. The fourth-order valence-corrected chi connectivity index (χ4v) is 4.70. The normalized spacial score (nSPS) is 13.7. The van der Waals surface area contributed by atoms with Gasteiger partial charge in [0.2, 0.25) is 0 Å². The van der Waals surface area contributed by atoms with Crippen molar-refractivity contribution in [1.29, 1.82) is 0 Å². The first-order valence-corrected chi connectivity index (χ1v) is 11.5. The van der Waals surface area contributed by atoms with E-state index in [0.717, 1.165) is 57.2 Å². The summed E-state index contributed by atoms with van der Waals surface area (Å²) in [6.07, 6.45) is 1.88. The third-order valence-corrected chi connectivity index (χ3v) is 6.31. The van der Waals surface area contributed by atoms with Crippen LogP contribution in [0.25, 0.3) is 21.9 Å². The minimum atomic E-state index is -0.472. The van der Waals surface area contributed by atoms with Crippen LogP contribution in [-0.2, 0) is 12.0 Å². The van der Waals surface area contributed by atoms with Crippen molar-refractivity contribution in [2.24, 2.45) is 0 Å². The topological polar surface area (TPSA) is 35.5 Å². The number of esters is 1. The van der Waals surface area contributed by atoms with E-state index in [1.807, 2.05) is 48.5 Å². The highest BCUT2D eigenvalue weighted by Crippen LogP contribution is 2.50. The average molecular weight is 437 g/mol. The number of aryl methyl sites for hydroxylation is 2. The van der Waals surface area contributed by atoms with Crippen molar-refractivity contribution in [2.75, 3.05) is 0 Å². The molecule has 0 bridgehead atoms. The summed E-state index contributed by atoms with van der Waals surface area (Å²) in [6.45, 7) is 8.38. The molecule has 0 saturated carbocycles. The Kier molecular flexibility index (Phi) is 5.20. The molecule has 1 aliphatic heterocycles. The number of carbonyl (C=O) groups excluding carboxylic acids is 1. The average Bonchev–Trinajstić information content (AvgIpc) is 2.78. The lowest BCUT2D eigenvalue weighted by Gasteiger charge is -2.36. The smallest absolute Gasteiger partial charge is 0.343 e. The minimum Gasteiger partial charge on any atom is -0.482 e. The van der Waals surface area contributed by atoms with Gasteiger partial charge in [0.25, 0.3) is 0 Å². The van der Waals surface area contributed by atoms with Gasteiger partial charge in [0.05, 0.1) is 11.1 Å². The molecule has 166 valence electrons. The van der Waals surface area contributed by atoms with Gasteiger partial charge < -0.3 is 9.47 Å². The van der Waals surface area contributed by atoms with Crippen molar-refractivity contribution < 1.29 is 14.3 Å². The molecule has 33 heavy (non-hydrogen) atoms. The summed E-state index contributed by atoms with van der Waals surface area (Å²) in [6, 6.07) is 24.1. The number of benzene rings is 4. The molecule has 0 saturated heterocycles. The standard InChI is InChI=1S/C30H28O3/c1-5-8-20-16-26(32-29(31)23-13-12-21-9-6-7-10-22(21)18-23)28-24-15-19(2)11-14-25(24)30(3,4)33-27(28)17-20/h6-7,9-18H,5,8H2,1-4H3. The molecule has 0 spiro atoms. The van der Waals surface area contributed by atoms with Crippen LogP contribution >= 0.6 is 0 Å². The maximum atomic E-state index is 13.3. The van der Waals surface area contributed by atoms with Gasteiger partial charge in [0, 0.05) is 5.56 Å². The highest BCUT2D eigenvalue weighted by Gasteiger charge is 2.35. The SMILES string of the molecule is CCCc1cc(OC(=O)c2ccc3ccccc3c2)c2c(c1)OC(C)(C)c1ccc(C)cc1-2. The fourth-order valence-electron chi connectivity index (χ4n) is 4.70. The molecule has 0 aromatic heterocycles. The second kappa shape index (κ2) is 8.08. The number of hydrogen-bond acceptors (Lipinski definition) is 3. The second-order valence-electron chi connectivity index (χ2n) is 9.33. The van der Waals surface area contributed by atoms with Crippen LogP contribution in [0.15, 0.2) is 72.8 Å². The second-order valence-corrected chi connectivity index (χ2v) is 9.33.